The molecule has 0 atom stereocenters. The largest absolute Gasteiger partial charge is 0.508 e. The molecule has 0 aliphatic carbocycles. The van der Waals surface area contributed by atoms with E-state index in [1.165, 1.54) is 12.1 Å². The Morgan fingerprint density at radius 1 is 1.10 bits per heavy atom. The molecule has 0 aliphatic rings. The second-order valence-electron chi connectivity index (χ2n) is 4.42. The zero-order chi connectivity index (χ0) is 15.4. The number of carbonyl (C=O) groups is 1. The molecule has 0 bridgehead atoms. The number of oxime groups is 1. The fourth-order valence-corrected chi connectivity index (χ4v) is 1.76. The Hall–Kier alpha value is -3.02. The Morgan fingerprint density at radius 3 is 2.33 bits per heavy atom. The van der Waals surface area contributed by atoms with Gasteiger partial charge in [-0.1, -0.05) is 17.3 Å². The molecule has 108 valence electrons. The number of nitrogens with zero attached hydrogens (tertiary/aromatic N) is 1. The van der Waals surface area contributed by atoms with E-state index in [1.807, 2.05) is 0 Å². The number of anilines is 1. The molecule has 0 aromatic heterocycles. The maximum absolute atomic E-state index is 12.0. The van der Waals surface area contributed by atoms with Crippen molar-refractivity contribution in [3.05, 3.63) is 53.6 Å². The second-order valence-corrected chi connectivity index (χ2v) is 4.42. The lowest BCUT2D eigenvalue weighted by atomic mass is 10.1. The second kappa shape index (κ2) is 5.96. The van der Waals surface area contributed by atoms with Crippen molar-refractivity contribution in [3.63, 3.8) is 0 Å². The zero-order valence-corrected chi connectivity index (χ0v) is 11.2. The average molecular weight is 286 g/mol. The maximum atomic E-state index is 12.0. The summed E-state index contributed by atoms with van der Waals surface area (Å²) in [6.45, 7) is 1.65. The van der Waals surface area contributed by atoms with Crippen molar-refractivity contribution in [1.82, 2.24) is 0 Å². The average Bonchev–Trinajstić information content (AvgIpc) is 2.47. The highest BCUT2D eigenvalue weighted by molar-refractivity contribution is 6.06. The summed E-state index contributed by atoms with van der Waals surface area (Å²) in [4.78, 5) is 12.0. The number of aromatic hydroxyl groups is 2. The Kier molecular flexibility index (Phi) is 4.08. The van der Waals surface area contributed by atoms with E-state index in [4.69, 9.17) is 5.21 Å². The van der Waals surface area contributed by atoms with Gasteiger partial charge in [0.05, 0.1) is 11.3 Å². The fourth-order valence-electron chi connectivity index (χ4n) is 1.76. The summed E-state index contributed by atoms with van der Waals surface area (Å²) >= 11 is 0. The molecule has 21 heavy (non-hydrogen) atoms. The summed E-state index contributed by atoms with van der Waals surface area (Å²) in [6.07, 6.45) is 0. The number of rotatable bonds is 3. The molecular formula is C15H14N2O4. The smallest absolute Gasteiger partial charge is 0.259 e. The van der Waals surface area contributed by atoms with Crippen LogP contribution in [0.15, 0.2) is 47.6 Å². The molecule has 2 aromatic carbocycles. The van der Waals surface area contributed by atoms with Crippen molar-refractivity contribution in [2.45, 2.75) is 6.92 Å². The number of carbonyl (C=O) groups excluding carboxylic acids is 1. The summed E-state index contributed by atoms with van der Waals surface area (Å²) in [7, 11) is 0. The van der Waals surface area contributed by atoms with Crippen LogP contribution < -0.4 is 5.32 Å². The highest BCUT2D eigenvalue weighted by Gasteiger charge is 2.12. The van der Waals surface area contributed by atoms with Crippen LogP contribution in [0.25, 0.3) is 0 Å². The van der Waals surface area contributed by atoms with Crippen molar-refractivity contribution in [2.24, 2.45) is 5.16 Å². The van der Waals surface area contributed by atoms with Gasteiger partial charge in [-0.05, 0) is 36.8 Å². The Bertz CT molecular complexity index is 693. The Morgan fingerprint density at radius 2 is 1.76 bits per heavy atom. The lowest BCUT2D eigenvalue weighted by molar-refractivity contribution is 0.102. The Balaban J connectivity index is 2.16. The fraction of sp³-hybridized carbons (Fsp3) is 0.0667. The highest BCUT2D eigenvalue weighted by atomic mass is 16.4. The molecule has 1 amide bonds. The minimum atomic E-state index is -0.493. The topological polar surface area (TPSA) is 102 Å². The molecule has 0 saturated carbocycles. The van der Waals surface area contributed by atoms with Gasteiger partial charge in [0, 0.05) is 11.8 Å². The van der Waals surface area contributed by atoms with Gasteiger partial charge in [0.2, 0.25) is 0 Å². The van der Waals surface area contributed by atoms with Crippen molar-refractivity contribution in [2.75, 3.05) is 5.32 Å². The first kappa shape index (κ1) is 14.4. The first-order valence-electron chi connectivity index (χ1n) is 6.13. The Labute approximate surface area is 121 Å². The van der Waals surface area contributed by atoms with Gasteiger partial charge >= 0.3 is 0 Å². The molecule has 6 nitrogen and oxygen atoms in total. The molecular weight excluding hydrogens is 272 g/mol. The number of amides is 1. The standard InChI is InChI=1S/C15H14N2O4/c1-9(17-21)10-2-4-11(5-3-10)16-15(20)13-7-6-12(18)8-14(13)19/h2-8,18-19,21H,1H3,(H,16,20)/b17-9-. The van der Waals surface area contributed by atoms with E-state index in [0.29, 0.717) is 11.4 Å². The number of phenolic OH excluding ortho intramolecular Hbond substituents is 2. The molecule has 4 N–H and O–H groups in total. The van der Waals surface area contributed by atoms with E-state index in [-0.39, 0.29) is 17.1 Å². The number of hydrogen-bond acceptors (Lipinski definition) is 5. The number of phenols is 2. The first-order valence-corrected chi connectivity index (χ1v) is 6.13. The van der Waals surface area contributed by atoms with Crippen molar-refractivity contribution < 1.29 is 20.2 Å². The van der Waals surface area contributed by atoms with E-state index >= 15 is 0 Å². The molecule has 2 rings (SSSR count). The number of benzene rings is 2. The van der Waals surface area contributed by atoms with Crippen LogP contribution in [0.5, 0.6) is 11.5 Å². The molecule has 0 saturated heterocycles. The van der Waals surface area contributed by atoms with Crippen molar-refractivity contribution in [1.29, 1.82) is 0 Å². The molecule has 0 heterocycles. The van der Waals surface area contributed by atoms with Crippen LogP contribution in [0, 0.1) is 0 Å². The molecule has 0 fully saturated rings. The van der Waals surface area contributed by atoms with E-state index in [0.717, 1.165) is 11.6 Å². The number of hydrogen-bond donors (Lipinski definition) is 4. The van der Waals surface area contributed by atoms with Crippen LogP contribution in [0.4, 0.5) is 5.69 Å². The summed E-state index contributed by atoms with van der Waals surface area (Å²) < 4.78 is 0. The van der Waals surface area contributed by atoms with Gasteiger partial charge in [-0.3, -0.25) is 4.79 Å². The van der Waals surface area contributed by atoms with Gasteiger partial charge in [0.15, 0.2) is 0 Å². The van der Waals surface area contributed by atoms with Crippen LogP contribution in [-0.2, 0) is 0 Å². The summed E-state index contributed by atoms with van der Waals surface area (Å²) in [5.41, 5.74) is 1.78. The lowest BCUT2D eigenvalue weighted by Crippen LogP contribution is -2.12. The third-order valence-electron chi connectivity index (χ3n) is 2.94. The lowest BCUT2D eigenvalue weighted by Gasteiger charge is -2.08. The van der Waals surface area contributed by atoms with Gasteiger partial charge in [0.25, 0.3) is 5.91 Å². The van der Waals surface area contributed by atoms with E-state index < -0.39 is 5.91 Å². The first-order chi connectivity index (χ1) is 10.0. The SMILES string of the molecule is C/C(=N/O)c1ccc(NC(=O)c2ccc(O)cc2O)cc1. The van der Waals surface area contributed by atoms with Gasteiger partial charge in [0.1, 0.15) is 11.5 Å². The molecule has 0 aliphatic heterocycles. The normalized spacial score (nSPS) is 11.2. The summed E-state index contributed by atoms with van der Waals surface area (Å²) in [5, 5.41) is 33.2. The van der Waals surface area contributed by atoms with E-state index in [9.17, 15) is 15.0 Å². The van der Waals surface area contributed by atoms with E-state index in [2.05, 4.69) is 10.5 Å². The van der Waals surface area contributed by atoms with Gasteiger partial charge in [-0.25, -0.2) is 0 Å². The third kappa shape index (κ3) is 3.30. The zero-order valence-electron chi connectivity index (χ0n) is 11.2. The third-order valence-corrected chi connectivity index (χ3v) is 2.94. The predicted octanol–water partition coefficient (Wildman–Crippen LogP) is 2.55. The molecule has 6 heteroatoms. The predicted molar refractivity (Wildman–Crippen MR) is 78.2 cm³/mol. The number of nitrogens with one attached hydrogen (secondary N) is 1. The quantitative estimate of drug-likeness (QED) is 0.395. The molecule has 2 aromatic rings. The van der Waals surface area contributed by atoms with Crippen LogP contribution in [0.2, 0.25) is 0 Å². The van der Waals surface area contributed by atoms with Crippen molar-refractivity contribution in [3.8, 4) is 11.5 Å². The molecule has 0 unspecified atom stereocenters. The summed E-state index contributed by atoms with van der Waals surface area (Å²) in [5.74, 6) is -0.910. The molecule has 0 spiro atoms. The van der Waals surface area contributed by atoms with Crippen LogP contribution in [0.3, 0.4) is 0 Å². The van der Waals surface area contributed by atoms with Crippen molar-refractivity contribution >= 4 is 17.3 Å². The van der Waals surface area contributed by atoms with Crippen LogP contribution in [-0.4, -0.2) is 27.0 Å². The van der Waals surface area contributed by atoms with E-state index in [1.54, 1.807) is 31.2 Å². The maximum Gasteiger partial charge on any atom is 0.259 e. The highest BCUT2D eigenvalue weighted by Crippen LogP contribution is 2.23. The van der Waals surface area contributed by atoms with Gasteiger partial charge in [-0.2, -0.15) is 0 Å². The molecule has 0 radical (unpaired) electrons. The minimum absolute atomic E-state index is 0.0602. The van der Waals surface area contributed by atoms with Crippen LogP contribution in [0.1, 0.15) is 22.8 Å². The van der Waals surface area contributed by atoms with Gasteiger partial charge < -0.3 is 20.7 Å². The summed E-state index contributed by atoms with van der Waals surface area (Å²) in [6, 6.07) is 10.4. The monoisotopic (exact) mass is 286 g/mol. The van der Waals surface area contributed by atoms with Gasteiger partial charge in [-0.15, -0.1) is 0 Å². The minimum Gasteiger partial charge on any atom is -0.508 e. The van der Waals surface area contributed by atoms with Crippen LogP contribution >= 0.6 is 0 Å².